The van der Waals surface area contributed by atoms with Crippen molar-refractivity contribution < 1.29 is 35.4 Å². The summed E-state index contributed by atoms with van der Waals surface area (Å²) >= 11 is 0. The van der Waals surface area contributed by atoms with Crippen molar-refractivity contribution in [3.63, 3.8) is 0 Å². The van der Waals surface area contributed by atoms with Gasteiger partial charge in [0.15, 0.2) is 0 Å². The molecule has 0 radical (unpaired) electrons. The average molecular weight is 379 g/mol. The minimum Gasteiger partial charge on any atom is -0.542 e. The Morgan fingerprint density at radius 1 is 1.53 bits per heavy atom. The molecule has 4 atom stereocenters. The summed E-state index contributed by atoms with van der Waals surface area (Å²) in [6.45, 7) is 2.18. The van der Waals surface area contributed by atoms with Crippen LogP contribution in [-0.2, 0) is 35.4 Å². The summed E-state index contributed by atoms with van der Waals surface area (Å²) in [6, 6.07) is 0. The number of hydrogen-bond donors (Lipinski definition) is 0. The molecule has 1 aliphatic carbocycles. The molecule has 84 valence electrons. The molecule has 1 heterocycles. The molecular formula is C11H15O3W-. The normalized spacial score (nSPS) is 38.1. The average Bonchev–Trinajstić information content (AvgIpc) is 2.58. The van der Waals surface area contributed by atoms with Crippen LogP contribution < -0.4 is 0 Å². The summed E-state index contributed by atoms with van der Waals surface area (Å²) < 4.78 is 5.23. The molecule has 0 amide bonds. The van der Waals surface area contributed by atoms with Crippen LogP contribution in [0.15, 0.2) is 0 Å². The molecule has 2 rings (SSSR count). The molecule has 0 aromatic carbocycles. The minimum atomic E-state index is -0.0630. The Bertz CT molecular complexity index is 254. The summed E-state index contributed by atoms with van der Waals surface area (Å²) in [6.07, 6.45) is 4.95. The fraction of sp³-hybridized carbons (Fsp3) is 0.818. The molecule has 15 heavy (non-hydrogen) atoms. The van der Waals surface area contributed by atoms with Crippen molar-refractivity contribution >= 4 is 12.3 Å². The molecule has 1 aliphatic heterocycles. The van der Waals surface area contributed by atoms with E-state index in [1.54, 1.807) is 0 Å². The fourth-order valence-corrected chi connectivity index (χ4v) is 2.97. The van der Waals surface area contributed by atoms with Crippen LogP contribution in [0, 0.1) is 17.8 Å². The van der Waals surface area contributed by atoms with Crippen LogP contribution in [0.3, 0.4) is 0 Å². The van der Waals surface area contributed by atoms with Gasteiger partial charge in [-0.25, -0.2) is 0 Å². The monoisotopic (exact) mass is 379 g/mol. The molecule has 3 nitrogen and oxygen atoms in total. The summed E-state index contributed by atoms with van der Waals surface area (Å²) in [5.74, 6) is 1.36. The van der Waals surface area contributed by atoms with Crippen molar-refractivity contribution in [1.29, 1.82) is 0 Å². The van der Waals surface area contributed by atoms with Gasteiger partial charge in [-0.3, -0.25) is 11.1 Å². The molecular weight excluding hydrogens is 364 g/mol. The van der Waals surface area contributed by atoms with Gasteiger partial charge in [-0.05, 0) is 18.3 Å². The van der Waals surface area contributed by atoms with E-state index in [1.165, 1.54) is 0 Å². The SMILES string of the molecule is C[C@@H]1C[C@@H]2OC(=O)C[C@@H]2[C@H]1CC[C-]=O.[W]. The van der Waals surface area contributed by atoms with Gasteiger partial charge in [0.05, 0.1) is 6.42 Å². The van der Waals surface area contributed by atoms with Gasteiger partial charge in [-0.15, -0.1) is 0 Å². The largest absolute Gasteiger partial charge is 0.542 e. The molecule has 4 heteroatoms. The van der Waals surface area contributed by atoms with E-state index in [9.17, 15) is 9.59 Å². The zero-order valence-electron chi connectivity index (χ0n) is 8.77. The van der Waals surface area contributed by atoms with Crippen molar-refractivity contribution in [1.82, 2.24) is 0 Å². The number of rotatable bonds is 3. The molecule has 0 spiro atoms. The van der Waals surface area contributed by atoms with Crippen molar-refractivity contribution in [2.75, 3.05) is 0 Å². The number of hydrogen-bond acceptors (Lipinski definition) is 3. The van der Waals surface area contributed by atoms with Crippen LogP contribution in [0.1, 0.15) is 32.6 Å². The molecule has 0 N–H and O–H groups in total. The summed E-state index contributed by atoms with van der Waals surface area (Å²) in [5.41, 5.74) is 0. The Morgan fingerprint density at radius 3 is 2.93 bits per heavy atom. The van der Waals surface area contributed by atoms with Gasteiger partial charge < -0.3 is 9.53 Å². The third-order valence-electron chi connectivity index (χ3n) is 3.63. The van der Waals surface area contributed by atoms with Crippen molar-refractivity contribution in [2.45, 2.75) is 38.7 Å². The van der Waals surface area contributed by atoms with E-state index in [0.717, 1.165) is 12.8 Å². The second kappa shape index (κ2) is 5.25. The maximum atomic E-state index is 11.1. The first kappa shape index (κ1) is 12.9. The third kappa shape index (κ3) is 2.50. The standard InChI is InChI=1S/C11H15O3.W/c1-7-5-10-9(6-11(13)14-10)8(7)3-2-4-12;/h7-10H,2-3,5-6H2,1H3;/q-1;/t7-,8+,9-,10+;/m1./s1. The predicted octanol–water partition coefficient (Wildman–Crippen LogP) is 1.46. The van der Waals surface area contributed by atoms with Crippen LogP contribution >= 0.6 is 0 Å². The van der Waals surface area contributed by atoms with Gasteiger partial charge in [-0.1, -0.05) is 13.3 Å². The van der Waals surface area contributed by atoms with E-state index in [-0.39, 0.29) is 33.1 Å². The van der Waals surface area contributed by atoms with Crippen LogP contribution in [0.25, 0.3) is 0 Å². The summed E-state index contributed by atoms with van der Waals surface area (Å²) in [5, 5.41) is 0. The topological polar surface area (TPSA) is 43.4 Å². The Balaban J connectivity index is 0.00000112. The first-order valence-electron chi connectivity index (χ1n) is 5.27. The van der Waals surface area contributed by atoms with Gasteiger partial charge in [0.25, 0.3) is 0 Å². The fourth-order valence-electron chi connectivity index (χ4n) is 2.97. The van der Waals surface area contributed by atoms with Crippen molar-refractivity contribution in [3.8, 4) is 0 Å². The minimum absolute atomic E-state index is 0. The number of ether oxygens (including phenoxy) is 1. The molecule has 1 saturated heterocycles. The molecule has 0 aromatic rings. The second-order valence-electron chi connectivity index (χ2n) is 4.46. The van der Waals surface area contributed by atoms with E-state index in [0.29, 0.717) is 30.6 Å². The maximum absolute atomic E-state index is 11.1. The molecule has 0 bridgehead atoms. The van der Waals surface area contributed by atoms with E-state index in [4.69, 9.17) is 4.74 Å². The van der Waals surface area contributed by atoms with Gasteiger partial charge in [0.2, 0.25) is 0 Å². The molecule has 1 saturated carbocycles. The predicted molar refractivity (Wildman–Crippen MR) is 50.2 cm³/mol. The van der Waals surface area contributed by atoms with Crippen LogP contribution in [0.2, 0.25) is 0 Å². The number of carbonyl (C=O) groups excluding carboxylic acids is 2. The van der Waals surface area contributed by atoms with E-state index < -0.39 is 0 Å². The molecule has 0 aromatic heterocycles. The third-order valence-corrected chi connectivity index (χ3v) is 3.63. The number of carbonyl (C=O) groups is 1. The second-order valence-corrected chi connectivity index (χ2v) is 4.46. The molecule has 2 fully saturated rings. The first-order chi connectivity index (χ1) is 6.72. The van der Waals surface area contributed by atoms with Crippen LogP contribution in [0.4, 0.5) is 0 Å². The van der Waals surface area contributed by atoms with Crippen molar-refractivity contribution in [3.05, 3.63) is 0 Å². The van der Waals surface area contributed by atoms with E-state index in [1.807, 2.05) is 6.29 Å². The Kier molecular flexibility index (Phi) is 4.51. The van der Waals surface area contributed by atoms with E-state index >= 15 is 0 Å². The number of esters is 1. The molecule has 0 unspecified atom stereocenters. The summed E-state index contributed by atoms with van der Waals surface area (Å²) in [4.78, 5) is 21.3. The zero-order chi connectivity index (χ0) is 10.1. The van der Waals surface area contributed by atoms with Gasteiger partial charge in [0, 0.05) is 27.0 Å². The van der Waals surface area contributed by atoms with Gasteiger partial charge in [-0.2, -0.15) is 6.42 Å². The zero-order valence-corrected chi connectivity index (χ0v) is 11.7. The first-order valence-corrected chi connectivity index (χ1v) is 5.27. The Hall–Kier alpha value is -0.172. The van der Waals surface area contributed by atoms with Crippen LogP contribution in [0.5, 0.6) is 0 Å². The Morgan fingerprint density at radius 2 is 2.27 bits per heavy atom. The smallest absolute Gasteiger partial charge is 0.306 e. The van der Waals surface area contributed by atoms with Gasteiger partial charge in [0.1, 0.15) is 6.10 Å². The summed E-state index contributed by atoms with van der Waals surface area (Å²) in [7, 11) is 0. The van der Waals surface area contributed by atoms with Gasteiger partial charge >= 0.3 is 5.97 Å². The van der Waals surface area contributed by atoms with E-state index in [2.05, 4.69) is 6.92 Å². The quantitative estimate of drug-likeness (QED) is 0.551. The number of fused-ring (bicyclic) bond motifs is 1. The van der Waals surface area contributed by atoms with Crippen LogP contribution in [-0.4, -0.2) is 18.4 Å². The van der Waals surface area contributed by atoms with Crippen molar-refractivity contribution in [2.24, 2.45) is 17.8 Å². The molecule has 2 aliphatic rings. The maximum Gasteiger partial charge on any atom is 0.306 e. The Labute approximate surface area is 104 Å².